The molecule has 1 amide bonds. The van der Waals surface area contributed by atoms with Crippen LogP contribution in [-0.4, -0.2) is 26.5 Å². The summed E-state index contributed by atoms with van der Waals surface area (Å²) < 4.78 is 7.16. The molecule has 3 rings (SSSR count). The van der Waals surface area contributed by atoms with Gasteiger partial charge in [-0.3, -0.25) is 10.3 Å². The predicted octanol–water partition coefficient (Wildman–Crippen LogP) is 3.49. The van der Waals surface area contributed by atoms with E-state index in [2.05, 4.69) is 15.4 Å². The zero-order valence-electron chi connectivity index (χ0n) is 13.0. The first-order valence-corrected chi connectivity index (χ1v) is 7.42. The van der Waals surface area contributed by atoms with Crippen molar-refractivity contribution in [1.29, 1.82) is 0 Å². The van der Waals surface area contributed by atoms with Gasteiger partial charge in [0, 0.05) is 12.1 Å². The van der Waals surface area contributed by atoms with E-state index in [1.165, 1.54) is 0 Å². The largest absolute Gasteiger partial charge is 0.444 e. The molecule has 0 atom stereocenters. The van der Waals surface area contributed by atoms with Crippen molar-refractivity contribution in [2.24, 2.45) is 0 Å². The SMILES string of the molecule is CC(C)(C)OC(=O)Nc1cnn(-c2cccnc2)c1C1CC1. The first-order chi connectivity index (χ1) is 10.4. The molecule has 2 aromatic rings. The Morgan fingerprint density at radius 3 is 2.73 bits per heavy atom. The minimum Gasteiger partial charge on any atom is -0.444 e. The maximum absolute atomic E-state index is 12.0. The molecule has 0 saturated heterocycles. The van der Waals surface area contributed by atoms with E-state index < -0.39 is 11.7 Å². The number of ether oxygens (including phenoxy) is 1. The zero-order valence-corrected chi connectivity index (χ0v) is 13.0. The number of carbonyl (C=O) groups excluding carboxylic acids is 1. The molecule has 6 heteroatoms. The summed E-state index contributed by atoms with van der Waals surface area (Å²) in [7, 11) is 0. The van der Waals surface area contributed by atoms with Crippen LogP contribution in [0.15, 0.2) is 30.7 Å². The number of aromatic nitrogens is 3. The van der Waals surface area contributed by atoms with Gasteiger partial charge in [-0.05, 0) is 45.7 Å². The molecule has 1 N–H and O–H groups in total. The molecule has 1 aliphatic rings. The fraction of sp³-hybridized carbons (Fsp3) is 0.438. The highest BCUT2D eigenvalue weighted by atomic mass is 16.6. The summed E-state index contributed by atoms with van der Waals surface area (Å²) in [6.45, 7) is 5.52. The Kier molecular flexibility index (Phi) is 3.60. The summed E-state index contributed by atoms with van der Waals surface area (Å²) in [4.78, 5) is 16.1. The number of nitrogens with one attached hydrogen (secondary N) is 1. The van der Waals surface area contributed by atoms with Crippen LogP contribution >= 0.6 is 0 Å². The lowest BCUT2D eigenvalue weighted by Gasteiger charge is -2.19. The molecule has 1 saturated carbocycles. The van der Waals surface area contributed by atoms with Crippen LogP contribution in [0, 0.1) is 0 Å². The van der Waals surface area contributed by atoms with Crippen LogP contribution in [0.2, 0.25) is 0 Å². The van der Waals surface area contributed by atoms with E-state index in [-0.39, 0.29) is 0 Å². The van der Waals surface area contributed by atoms with Gasteiger partial charge in [0.1, 0.15) is 5.60 Å². The molecule has 22 heavy (non-hydrogen) atoms. The van der Waals surface area contributed by atoms with Crippen molar-refractivity contribution in [1.82, 2.24) is 14.8 Å². The van der Waals surface area contributed by atoms with Crippen molar-refractivity contribution < 1.29 is 9.53 Å². The topological polar surface area (TPSA) is 69.0 Å². The normalized spacial score (nSPS) is 14.7. The van der Waals surface area contributed by atoms with Crippen molar-refractivity contribution in [3.8, 4) is 5.69 Å². The Hall–Kier alpha value is -2.37. The molecule has 0 aliphatic heterocycles. The molecular weight excluding hydrogens is 280 g/mol. The van der Waals surface area contributed by atoms with Gasteiger partial charge in [-0.1, -0.05) is 0 Å². The molecule has 1 aliphatic carbocycles. The maximum atomic E-state index is 12.0. The van der Waals surface area contributed by atoms with Crippen molar-refractivity contribution in [3.63, 3.8) is 0 Å². The van der Waals surface area contributed by atoms with Gasteiger partial charge in [-0.25, -0.2) is 9.48 Å². The van der Waals surface area contributed by atoms with Crippen LogP contribution in [0.4, 0.5) is 10.5 Å². The molecule has 6 nitrogen and oxygen atoms in total. The van der Waals surface area contributed by atoms with Crippen LogP contribution in [0.25, 0.3) is 5.69 Å². The number of hydrogen-bond donors (Lipinski definition) is 1. The van der Waals surface area contributed by atoms with Crippen LogP contribution in [0.1, 0.15) is 45.2 Å². The first kappa shape index (κ1) is 14.6. The van der Waals surface area contributed by atoms with E-state index in [0.29, 0.717) is 11.6 Å². The minimum absolute atomic E-state index is 0.424. The van der Waals surface area contributed by atoms with E-state index in [1.54, 1.807) is 18.6 Å². The number of nitrogens with zero attached hydrogens (tertiary/aromatic N) is 3. The van der Waals surface area contributed by atoms with Gasteiger partial charge < -0.3 is 4.74 Å². The highest BCUT2D eigenvalue weighted by Crippen LogP contribution is 2.44. The highest BCUT2D eigenvalue weighted by Gasteiger charge is 2.32. The van der Waals surface area contributed by atoms with Gasteiger partial charge in [0.15, 0.2) is 0 Å². The molecule has 0 unspecified atom stereocenters. The number of anilines is 1. The summed E-state index contributed by atoms with van der Waals surface area (Å²) in [5.74, 6) is 0.424. The summed E-state index contributed by atoms with van der Waals surface area (Å²) in [6.07, 6.45) is 6.91. The lowest BCUT2D eigenvalue weighted by molar-refractivity contribution is 0.0636. The number of hydrogen-bond acceptors (Lipinski definition) is 4. The minimum atomic E-state index is -0.525. The summed E-state index contributed by atoms with van der Waals surface area (Å²) >= 11 is 0. The molecule has 116 valence electrons. The van der Waals surface area contributed by atoms with Crippen LogP contribution in [-0.2, 0) is 4.74 Å². The number of pyridine rings is 1. The molecule has 1 fully saturated rings. The Bertz CT molecular complexity index is 669. The molecule has 0 aromatic carbocycles. The average molecular weight is 300 g/mol. The van der Waals surface area contributed by atoms with Gasteiger partial charge in [-0.2, -0.15) is 5.10 Å². The molecule has 0 bridgehead atoms. The van der Waals surface area contributed by atoms with Crippen molar-refractivity contribution in [2.75, 3.05) is 5.32 Å². The van der Waals surface area contributed by atoms with Crippen molar-refractivity contribution in [3.05, 3.63) is 36.4 Å². The lowest BCUT2D eigenvalue weighted by atomic mass is 10.2. The van der Waals surface area contributed by atoms with E-state index in [0.717, 1.165) is 24.2 Å². The van der Waals surface area contributed by atoms with E-state index >= 15 is 0 Å². The van der Waals surface area contributed by atoms with E-state index in [1.807, 2.05) is 37.6 Å². The summed E-state index contributed by atoms with van der Waals surface area (Å²) in [6, 6.07) is 3.82. The van der Waals surface area contributed by atoms with Gasteiger partial charge >= 0.3 is 6.09 Å². The molecule has 2 aromatic heterocycles. The highest BCUT2D eigenvalue weighted by molar-refractivity contribution is 5.85. The van der Waals surface area contributed by atoms with Crippen LogP contribution in [0.3, 0.4) is 0 Å². The summed E-state index contributed by atoms with van der Waals surface area (Å²) in [5.41, 5.74) is 2.09. The Morgan fingerprint density at radius 2 is 2.14 bits per heavy atom. The van der Waals surface area contributed by atoms with Crippen LogP contribution < -0.4 is 5.32 Å². The fourth-order valence-corrected chi connectivity index (χ4v) is 2.30. The van der Waals surface area contributed by atoms with Crippen LogP contribution in [0.5, 0.6) is 0 Å². The second-order valence-electron chi connectivity index (χ2n) is 6.47. The average Bonchev–Trinajstić information content (AvgIpc) is 3.19. The quantitative estimate of drug-likeness (QED) is 0.942. The van der Waals surface area contributed by atoms with Gasteiger partial charge in [-0.15, -0.1) is 0 Å². The van der Waals surface area contributed by atoms with Gasteiger partial charge in [0.2, 0.25) is 0 Å². The molecule has 0 spiro atoms. The van der Waals surface area contributed by atoms with Crippen molar-refractivity contribution >= 4 is 11.8 Å². The number of amides is 1. The Morgan fingerprint density at radius 1 is 1.36 bits per heavy atom. The molecule has 2 heterocycles. The first-order valence-electron chi connectivity index (χ1n) is 7.42. The maximum Gasteiger partial charge on any atom is 0.412 e. The fourth-order valence-electron chi connectivity index (χ4n) is 2.30. The number of rotatable bonds is 3. The third kappa shape index (κ3) is 3.27. The second-order valence-corrected chi connectivity index (χ2v) is 6.47. The van der Waals surface area contributed by atoms with E-state index in [9.17, 15) is 4.79 Å². The Balaban J connectivity index is 1.87. The molecule has 0 radical (unpaired) electrons. The second kappa shape index (κ2) is 5.44. The van der Waals surface area contributed by atoms with E-state index in [4.69, 9.17) is 4.74 Å². The standard InChI is InChI=1S/C16H20N4O2/c1-16(2,3)22-15(21)19-13-10-18-20(14(13)11-6-7-11)12-5-4-8-17-9-12/h4-5,8-11H,6-7H2,1-3H3,(H,19,21). The van der Waals surface area contributed by atoms with Gasteiger partial charge in [0.05, 0.1) is 29.5 Å². The van der Waals surface area contributed by atoms with Crippen molar-refractivity contribution in [2.45, 2.75) is 45.1 Å². The van der Waals surface area contributed by atoms with Gasteiger partial charge in [0.25, 0.3) is 0 Å². The number of carbonyl (C=O) groups is 1. The smallest absolute Gasteiger partial charge is 0.412 e. The third-order valence-electron chi connectivity index (χ3n) is 3.30. The summed E-state index contributed by atoms with van der Waals surface area (Å²) in [5, 5.41) is 7.22. The third-order valence-corrected chi connectivity index (χ3v) is 3.30. The molecular formula is C16H20N4O2. The Labute approximate surface area is 129 Å². The lowest BCUT2D eigenvalue weighted by Crippen LogP contribution is -2.27. The zero-order chi connectivity index (χ0) is 15.7. The monoisotopic (exact) mass is 300 g/mol. The predicted molar refractivity (Wildman–Crippen MR) is 83.2 cm³/mol.